The minimum Gasteiger partial charge on any atom is -0.389 e. The average Bonchev–Trinajstić information content (AvgIpc) is 2.60. The lowest BCUT2D eigenvalue weighted by Gasteiger charge is -2.29. The Morgan fingerprint density at radius 1 is 0.643 bits per heavy atom. The van der Waals surface area contributed by atoms with E-state index in [-0.39, 0.29) is 49.6 Å². The molecule has 0 bridgehead atoms. The van der Waals surface area contributed by atoms with Gasteiger partial charge >= 0.3 is 0 Å². The summed E-state index contributed by atoms with van der Waals surface area (Å²) in [6, 6.07) is 0. The summed E-state index contributed by atoms with van der Waals surface area (Å²) in [4.78, 5) is 4.49. The van der Waals surface area contributed by atoms with E-state index in [9.17, 15) is 10.2 Å². The van der Waals surface area contributed by atoms with Gasteiger partial charge in [0.05, 0.1) is 38.6 Å². The molecular weight excluding hydrogens is 454 g/mol. The molecule has 0 radical (unpaired) electrons. The average molecular weight is 492 g/mol. The summed E-state index contributed by atoms with van der Waals surface area (Å²) in [5.74, 6) is 0. The van der Waals surface area contributed by atoms with Crippen molar-refractivity contribution >= 4 is 49.6 Å². The lowest BCUT2D eigenvalue weighted by molar-refractivity contribution is -0.0292. The van der Waals surface area contributed by atoms with Gasteiger partial charge in [-0.3, -0.25) is 9.80 Å². The van der Waals surface area contributed by atoms with Crippen LogP contribution >= 0.6 is 49.6 Å². The molecule has 174 valence electrons. The van der Waals surface area contributed by atoms with Gasteiger partial charge in [0.15, 0.2) is 0 Å². The van der Waals surface area contributed by atoms with Gasteiger partial charge in [0.2, 0.25) is 0 Å². The van der Waals surface area contributed by atoms with Gasteiger partial charge in [-0.25, -0.2) is 0 Å². The first-order chi connectivity index (χ1) is 11.7. The Balaban J connectivity index is -0.00000156. The number of hydrogen-bond acceptors (Lipinski definition) is 8. The Labute approximate surface area is 193 Å². The zero-order valence-corrected chi connectivity index (χ0v) is 19.6. The summed E-state index contributed by atoms with van der Waals surface area (Å²) in [6.07, 6.45) is -0.914. The number of piperazine rings is 2. The highest BCUT2D eigenvalue weighted by Gasteiger charge is 2.15. The van der Waals surface area contributed by atoms with Crippen LogP contribution in [0.2, 0.25) is 0 Å². The molecule has 0 saturated carbocycles. The van der Waals surface area contributed by atoms with Crippen LogP contribution < -0.4 is 10.6 Å². The number of hydrogen-bond donors (Lipinski definition) is 4. The van der Waals surface area contributed by atoms with Gasteiger partial charge in [0.1, 0.15) is 0 Å². The fourth-order valence-electron chi connectivity index (χ4n) is 3.05. The fraction of sp³-hybridized carbons (Fsp3) is 1.00. The summed E-state index contributed by atoms with van der Waals surface area (Å²) in [5.41, 5.74) is 0. The van der Waals surface area contributed by atoms with Crippen molar-refractivity contribution in [3.05, 3.63) is 0 Å². The van der Waals surface area contributed by atoms with Crippen molar-refractivity contribution in [2.45, 2.75) is 12.2 Å². The van der Waals surface area contributed by atoms with E-state index >= 15 is 0 Å². The van der Waals surface area contributed by atoms with Crippen molar-refractivity contribution in [1.29, 1.82) is 0 Å². The van der Waals surface area contributed by atoms with Crippen molar-refractivity contribution in [2.75, 3.05) is 91.9 Å². The van der Waals surface area contributed by atoms with E-state index in [2.05, 4.69) is 20.4 Å². The van der Waals surface area contributed by atoms with Gasteiger partial charge in [-0.05, 0) is 0 Å². The molecule has 2 atom stereocenters. The highest BCUT2D eigenvalue weighted by molar-refractivity contribution is 5.86. The van der Waals surface area contributed by atoms with E-state index in [1.807, 2.05) is 0 Å². The Morgan fingerprint density at radius 3 is 1.29 bits per heavy atom. The third-order valence-corrected chi connectivity index (χ3v) is 4.35. The number of nitrogens with zero attached hydrogens (tertiary/aromatic N) is 2. The van der Waals surface area contributed by atoms with Crippen LogP contribution in [-0.2, 0) is 9.47 Å². The summed E-state index contributed by atoms with van der Waals surface area (Å²) in [7, 11) is 0. The van der Waals surface area contributed by atoms with Crippen molar-refractivity contribution < 1.29 is 19.7 Å². The Kier molecular flexibility index (Phi) is 25.2. The lowest BCUT2D eigenvalue weighted by Crippen LogP contribution is -2.47. The lowest BCUT2D eigenvalue weighted by atomic mass is 10.3. The van der Waals surface area contributed by atoms with Crippen molar-refractivity contribution in [2.24, 2.45) is 0 Å². The number of β-amino-alcohol motifs (C(OH)–C–C–N with tert-alkyl or cyclic N) is 2. The molecule has 2 unspecified atom stereocenters. The highest BCUT2D eigenvalue weighted by atomic mass is 35.5. The maximum atomic E-state index is 9.95. The van der Waals surface area contributed by atoms with E-state index < -0.39 is 12.2 Å². The van der Waals surface area contributed by atoms with Gasteiger partial charge in [-0.15, -0.1) is 49.6 Å². The third kappa shape index (κ3) is 15.6. The Hall–Kier alpha value is 0.840. The normalized spacial score (nSPS) is 19.9. The molecule has 0 aromatic rings. The second kappa shape index (κ2) is 21.1. The quantitative estimate of drug-likeness (QED) is 0.280. The van der Waals surface area contributed by atoms with Crippen molar-refractivity contribution in [3.63, 3.8) is 0 Å². The third-order valence-electron chi connectivity index (χ3n) is 4.35. The first-order valence-corrected chi connectivity index (χ1v) is 9.12. The van der Waals surface area contributed by atoms with Crippen LogP contribution in [-0.4, -0.2) is 124 Å². The molecule has 0 aromatic heterocycles. The summed E-state index contributed by atoms with van der Waals surface area (Å²) in [6.45, 7) is 10.7. The number of aliphatic hydroxyl groups is 2. The zero-order chi connectivity index (χ0) is 17.0. The van der Waals surface area contributed by atoms with E-state index in [1.165, 1.54) is 0 Å². The molecular formula is C16H38Cl4N4O4. The molecule has 2 heterocycles. The molecule has 0 aliphatic carbocycles. The zero-order valence-electron chi connectivity index (χ0n) is 16.3. The molecule has 8 nitrogen and oxygen atoms in total. The molecule has 0 aromatic carbocycles. The number of rotatable bonds is 11. The fourth-order valence-corrected chi connectivity index (χ4v) is 3.05. The molecule has 0 spiro atoms. The van der Waals surface area contributed by atoms with Gasteiger partial charge in [0, 0.05) is 65.4 Å². The molecule has 2 rings (SSSR count). The van der Waals surface area contributed by atoms with Gasteiger partial charge in [0.25, 0.3) is 0 Å². The second-order valence-electron chi connectivity index (χ2n) is 6.56. The van der Waals surface area contributed by atoms with E-state index in [0.717, 1.165) is 52.4 Å². The van der Waals surface area contributed by atoms with Crippen LogP contribution in [0.4, 0.5) is 0 Å². The number of ether oxygens (including phenoxy) is 2. The van der Waals surface area contributed by atoms with Crippen LogP contribution in [0.5, 0.6) is 0 Å². The van der Waals surface area contributed by atoms with Crippen LogP contribution in [0, 0.1) is 0 Å². The first kappa shape index (κ1) is 33.5. The summed E-state index contributed by atoms with van der Waals surface area (Å²) < 4.78 is 10.9. The molecule has 28 heavy (non-hydrogen) atoms. The summed E-state index contributed by atoms with van der Waals surface area (Å²) >= 11 is 0. The molecule has 2 fully saturated rings. The molecule has 0 amide bonds. The largest absolute Gasteiger partial charge is 0.389 e. The Bertz CT molecular complexity index is 299. The smallest absolute Gasteiger partial charge is 0.0900 e. The maximum absolute atomic E-state index is 9.95. The minimum absolute atomic E-state index is 0. The van der Waals surface area contributed by atoms with Crippen molar-refractivity contribution in [3.8, 4) is 0 Å². The Morgan fingerprint density at radius 2 is 0.964 bits per heavy atom. The first-order valence-electron chi connectivity index (χ1n) is 9.12. The van der Waals surface area contributed by atoms with Gasteiger partial charge < -0.3 is 30.3 Å². The van der Waals surface area contributed by atoms with Crippen LogP contribution in [0.25, 0.3) is 0 Å². The van der Waals surface area contributed by atoms with E-state index in [1.54, 1.807) is 0 Å². The van der Waals surface area contributed by atoms with Crippen LogP contribution in [0.3, 0.4) is 0 Å². The topological polar surface area (TPSA) is 89.5 Å². The highest BCUT2D eigenvalue weighted by Crippen LogP contribution is 1.98. The van der Waals surface area contributed by atoms with Crippen LogP contribution in [0.15, 0.2) is 0 Å². The number of aliphatic hydroxyl groups excluding tert-OH is 2. The number of nitrogens with one attached hydrogen (secondary N) is 2. The molecule has 2 saturated heterocycles. The summed E-state index contributed by atoms with van der Waals surface area (Å²) in [5, 5.41) is 26.5. The maximum Gasteiger partial charge on any atom is 0.0900 e. The molecule has 4 N–H and O–H groups in total. The predicted molar refractivity (Wildman–Crippen MR) is 121 cm³/mol. The minimum atomic E-state index is -0.457. The van der Waals surface area contributed by atoms with Crippen LogP contribution in [0.1, 0.15) is 0 Å². The second-order valence-corrected chi connectivity index (χ2v) is 6.56. The van der Waals surface area contributed by atoms with Crippen molar-refractivity contribution in [1.82, 2.24) is 20.4 Å². The SMILES string of the molecule is Cl.Cl.Cl.Cl.OC(COCCOCC(O)CN1CCNCC1)CN1CCNCC1. The standard InChI is InChI=1S/C16H34N4O4.4ClH/c21-15(11-19-5-1-17-2-6-19)13-23-9-10-24-14-16(22)12-20-7-3-18-4-8-20;;;;/h15-18,21-22H,1-14H2;4*1H. The number of halogens is 4. The molecule has 2 aliphatic rings. The van der Waals surface area contributed by atoms with E-state index in [4.69, 9.17) is 9.47 Å². The molecule has 12 heteroatoms. The molecule has 2 aliphatic heterocycles. The monoisotopic (exact) mass is 490 g/mol. The van der Waals surface area contributed by atoms with Gasteiger partial charge in [-0.1, -0.05) is 0 Å². The predicted octanol–water partition coefficient (Wildman–Crippen LogP) is -0.761. The van der Waals surface area contributed by atoms with E-state index in [0.29, 0.717) is 39.5 Å². The van der Waals surface area contributed by atoms with Gasteiger partial charge in [-0.2, -0.15) is 0 Å².